The number of pyridine rings is 1. The molecular weight excluding hydrogens is 439 g/mol. The van der Waals surface area contributed by atoms with Gasteiger partial charge in [0.1, 0.15) is 5.82 Å². The van der Waals surface area contributed by atoms with Gasteiger partial charge in [-0.05, 0) is 25.0 Å². The van der Waals surface area contributed by atoms with E-state index in [1.165, 1.54) is 0 Å². The highest BCUT2D eigenvalue weighted by Gasteiger charge is 2.33. The Labute approximate surface area is 189 Å². The quantitative estimate of drug-likeness (QED) is 0.386. The summed E-state index contributed by atoms with van der Waals surface area (Å²) in [5.74, 6) is -0.144. The van der Waals surface area contributed by atoms with Gasteiger partial charge in [-0.15, -0.1) is 6.58 Å². The van der Waals surface area contributed by atoms with Crippen molar-refractivity contribution in [3.05, 3.63) is 59.6 Å². The summed E-state index contributed by atoms with van der Waals surface area (Å²) in [6.45, 7) is 4.56. The third-order valence-corrected chi connectivity index (χ3v) is 6.27. The van der Waals surface area contributed by atoms with Crippen LogP contribution in [0.5, 0.6) is 0 Å². The van der Waals surface area contributed by atoms with Gasteiger partial charge in [0.05, 0.1) is 53.3 Å². The number of fused-ring (bicyclic) bond motifs is 1. The molecule has 2 atom stereocenters. The summed E-state index contributed by atoms with van der Waals surface area (Å²) in [7, 11) is 0. The van der Waals surface area contributed by atoms with Crippen molar-refractivity contribution in [1.29, 1.82) is 0 Å². The molecule has 3 aromatic rings. The highest BCUT2D eigenvalue weighted by molar-refractivity contribution is 6.45. The van der Waals surface area contributed by atoms with E-state index in [0.29, 0.717) is 22.2 Å². The molecule has 31 heavy (non-hydrogen) atoms. The summed E-state index contributed by atoms with van der Waals surface area (Å²) in [6, 6.07) is 5.77. The van der Waals surface area contributed by atoms with Crippen molar-refractivity contribution in [3.8, 4) is 5.69 Å². The number of aliphatic carboxylic acids is 1. The summed E-state index contributed by atoms with van der Waals surface area (Å²) < 4.78 is 7.57. The Kier molecular flexibility index (Phi) is 6.46. The molecule has 1 aromatic carbocycles. The van der Waals surface area contributed by atoms with E-state index in [2.05, 4.69) is 16.5 Å². The van der Waals surface area contributed by atoms with E-state index >= 15 is 0 Å². The van der Waals surface area contributed by atoms with Crippen LogP contribution in [0.1, 0.15) is 19.3 Å². The highest BCUT2D eigenvalue weighted by Crippen LogP contribution is 2.37. The molecule has 0 amide bonds. The van der Waals surface area contributed by atoms with Crippen LogP contribution in [0.15, 0.2) is 49.6 Å². The smallest absolute Gasteiger partial charge is 0.305 e. The molecule has 4 rings (SSSR count). The molecule has 162 valence electrons. The SMILES string of the molecule is C=C[C@H]1CC[C@@H](COCCC(=O)O)N1c1cc(-n2ccnc2)c2ccc(Cl)c(Cl)c2n1. The first-order valence-electron chi connectivity index (χ1n) is 9.97. The minimum Gasteiger partial charge on any atom is -0.481 e. The number of rotatable bonds is 8. The van der Waals surface area contributed by atoms with Gasteiger partial charge in [0.25, 0.3) is 0 Å². The molecule has 2 aromatic heterocycles. The van der Waals surface area contributed by atoms with E-state index in [9.17, 15) is 4.79 Å². The van der Waals surface area contributed by atoms with Crippen LogP contribution in [-0.2, 0) is 9.53 Å². The summed E-state index contributed by atoms with van der Waals surface area (Å²) >= 11 is 12.8. The maximum absolute atomic E-state index is 10.8. The number of hydrogen-bond acceptors (Lipinski definition) is 5. The maximum Gasteiger partial charge on any atom is 0.305 e. The minimum absolute atomic E-state index is 0.0231. The van der Waals surface area contributed by atoms with E-state index < -0.39 is 5.97 Å². The van der Waals surface area contributed by atoms with E-state index in [4.69, 9.17) is 38.0 Å². The first-order chi connectivity index (χ1) is 15.0. The fourth-order valence-electron chi connectivity index (χ4n) is 3.99. The average Bonchev–Trinajstić information content (AvgIpc) is 3.43. The van der Waals surface area contributed by atoms with E-state index in [-0.39, 0.29) is 25.1 Å². The third-order valence-electron chi connectivity index (χ3n) is 5.47. The maximum atomic E-state index is 10.8. The number of ether oxygens (including phenoxy) is 1. The molecule has 1 N–H and O–H groups in total. The second-order valence-corrected chi connectivity index (χ2v) is 8.17. The van der Waals surface area contributed by atoms with Gasteiger partial charge in [0.15, 0.2) is 0 Å². The molecule has 0 unspecified atom stereocenters. The van der Waals surface area contributed by atoms with Crippen LogP contribution in [0, 0.1) is 0 Å². The van der Waals surface area contributed by atoms with Crippen LogP contribution in [0.4, 0.5) is 5.82 Å². The van der Waals surface area contributed by atoms with Crippen LogP contribution in [0.2, 0.25) is 10.0 Å². The zero-order valence-corrected chi connectivity index (χ0v) is 18.3. The molecule has 0 aliphatic carbocycles. The molecule has 9 heteroatoms. The van der Waals surface area contributed by atoms with E-state index in [1.54, 1.807) is 18.6 Å². The largest absolute Gasteiger partial charge is 0.481 e. The van der Waals surface area contributed by atoms with Crippen molar-refractivity contribution in [2.24, 2.45) is 0 Å². The summed E-state index contributed by atoms with van der Waals surface area (Å²) in [4.78, 5) is 22.0. The number of nitrogens with zero attached hydrogens (tertiary/aromatic N) is 4. The number of anilines is 1. The Morgan fingerprint density at radius 1 is 1.35 bits per heavy atom. The Bertz CT molecular complexity index is 1100. The lowest BCUT2D eigenvalue weighted by Gasteiger charge is -2.31. The van der Waals surface area contributed by atoms with Crippen molar-refractivity contribution < 1.29 is 14.6 Å². The van der Waals surface area contributed by atoms with Gasteiger partial charge in [0, 0.05) is 29.9 Å². The predicted molar refractivity (Wildman–Crippen MR) is 121 cm³/mol. The Morgan fingerprint density at radius 3 is 2.90 bits per heavy atom. The predicted octanol–water partition coefficient (Wildman–Crippen LogP) is 4.74. The topological polar surface area (TPSA) is 80.5 Å². The number of hydrogen-bond donors (Lipinski definition) is 1. The normalized spacial score (nSPS) is 18.6. The Balaban J connectivity index is 1.76. The van der Waals surface area contributed by atoms with Crippen molar-refractivity contribution in [1.82, 2.24) is 14.5 Å². The van der Waals surface area contributed by atoms with Crippen molar-refractivity contribution >= 4 is 45.9 Å². The number of aromatic nitrogens is 3. The molecule has 0 saturated carbocycles. The molecule has 1 saturated heterocycles. The van der Waals surface area contributed by atoms with Gasteiger partial charge in [-0.1, -0.05) is 29.3 Å². The Hall–Kier alpha value is -2.61. The highest BCUT2D eigenvalue weighted by atomic mass is 35.5. The van der Waals surface area contributed by atoms with Gasteiger partial charge in [0.2, 0.25) is 0 Å². The number of carboxylic acid groups (broad SMARTS) is 1. The molecular formula is C22H22Cl2N4O3. The van der Waals surface area contributed by atoms with E-state index in [0.717, 1.165) is 29.7 Å². The lowest BCUT2D eigenvalue weighted by Crippen LogP contribution is -2.38. The minimum atomic E-state index is -0.875. The number of halogens is 2. The summed E-state index contributed by atoms with van der Waals surface area (Å²) in [5, 5.41) is 10.5. The lowest BCUT2D eigenvalue weighted by molar-refractivity contribution is -0.138. The van der Waals surface area contributed by atoms with Crippen LogP contribution >= 0.6 is 23.2 Å². The summed E-state index contributed by atoms with van der Waals surface area (Å²) in [5.41, 5.74) is 1.49. The Morgan fingerprint density at radius 2 is 2.19 bits per heavy atom. The van der Waals surface area contributed by atoms with E-state index in [1.807, 2.05) is 29.0 Å². The van der Waals surface area contributed by atoms with Gasteiger partial charge < -0.3 is 19.3 Å². The zero-order chi connectivity index (χ0) is 22.0. The molecule has 3 heterocycles. The second-order valence-electron chi connectivity index (χ2n) is 7.39. The van der Waals surface area contributed by atoms with Crippen LogP contribution in [0.3, 0.4) is 0 Å². The van der Waals surface area contributed by atoms with Crippen molar-refractivity contribution in [2.45, 2.75) is 31.3 Å². The third kappa shape index (κ3) is 4.39. The van der Waals surface area contributed by atoms with Gasteiger partial charge >= 0.3 is 5.97 Å². The average molecular weight is 461 g/mol. The summed E-state index contributed by atoms with van der Waals surface area (Å²) in [6.07, 6.45) is 8.97. The standard InChI is InChI=1S/C22H22Cl2N4O3/c1-2-14-3-4-15(12-31-10-7-20(29)30)28(14)19-11-18(27-9-8-25-13-27)16-5-6-17(23)21(24)22(16)26-19/h2,5-6,8-9,11,13-15H,1,3-4,7,10,12H2,(H,29,30)/t14-,15-/m0/s1. The van der Waals surface area contributed by atoms with Gasteiger partial charge in [-0.2, -0.15) is 0 Å². The number of benzene rings is 1. The first kappa shape index (κ1) is 21.6. The monoisotopic (exact) mass is 460 g/mol. The fourth-order valence-corrected chi connectivity index (χ4v) is 4.35. The number of imidazole rings is 1. The second kappa shape index (κ2) is 9.26. The van der Waals surface area contributed by atoms with Gasteiger partial charge in [-0.3, -0.25) is 4.79 Å². The van der Waals surface area contributed by atoms with Gasteiger partial charge in [-0.25, -0.2) is 9.97 Å². The fraction of sp³-hybridized carbons (Fsp3) is 0.318. The molecule has 1 aliphatic rings. The van der Waals surface area contributed by atoms with Crippen LogP contribution in [-0.4, -0.2) is 50.9 Å². The van der Waals surface area contributed by atoms with Crippen molar-refractivity contribution in [2.75, 3.05) is 18.1 Å². The molecule has 7 nitrogen and oxygen atoms in total. The molecule has 1 aliphatic heterocycles. The number of carbonyl (C=O) groups is 1. The van der Waals surface area contributed by atoms with Crippen molar-refractivity contribution in [3.63, 3.8) is 0 Å². The molecule has 0 radical (unpaired) electrons. The number of carboxylic acids is 1. The molecule has 0 bridgehead atoms. The molecule has 1 fully saturated rings. The van der Waals surface area contributed by atoms with Crippen LogP contribution in [0.25, 0.3) is 16.6 Å². The first-order valence-corrected chi connectivity index (χ1v) is 10.7. The lowest BCUT2D eigenvalue weighted by atomic mass is 10.1. The van der Waals surface area contributed by atoms with Crippen LogP contribution < -0.4 is 4.90 Å². The zero-order valence-electron chi connectivity index (χ0n) is 16.7. The molecule has 0 spiro atoms.